The smallest absolute Gasteiger partial charge is 0.191 e. The Hall–Kier alpha value is -2.54. The maximum atomic E-state index is 11.4. The molecule has 0 aliphatic rings. The number of anilines is 1. The number of hydrogen-bond acceptors (Lipinski definition) is 4. The van der Waals surface area contributed by atoms with Gasteiger partial charge in [0.2, 0.25) is 0 Å². The Balaban J connectivity index is 1.81. The number of nitrogens with one attached hydrogen (secondary N) is 2. The third-order valence-corrected chi connectivity index (χ3v) is 5.42. The van der Waals surface area contributed by atoms with Gasteiger partial charge in [-0.25, -0.2) is 8.42 Å². The average molecular weight is 417 g/mol. The van der Waals surface area contributed by atoms with E-state index < -0.39 is 9.84 Å². The third kappa shape index (κ3) is 8.15. The van der Waals surface area contributed by atoms with Crippen molar-refractivity contribution in [2.24, 2.45) is 4.99 Å². The number of likely N-dealkylation sites (N-methyl/N-ethyl adjacent to an activating group) is 1. The molecule has 2 N–H and O–H groups in total. The van der Waals surface area contributed by atoms with Crippen LogP contribution in [0.2, 0.25) is 0 Å². The molecule has 158 valence electrons. The lowest BCUT2D eigenvalue weighted by molar-refractivity contribution is 0.601. The molecule has 0 amide bonds. The van der Waals surface area contributed by atoms with E-state index in [0.29, 0.717) is 6.54 Å². The van der Waals surface area contributed by atoms with Gasteiger partial charge in [0.25, 0.3) is 0 Å². The molecule has 2 aromatic rings. The van der Waals surface area contributed by atoms with Gasteiger partial charge in [-0.2, -0.15) is 0 Å². The number of aliphatic imine (C=N–C) groups is 1. The molecule has 0 fully saturated rings. The molecule has 7 heteroatoms. The van der Waals surface area contributed by atoms with Gasteiger partial charge in [-0.3, -0.25) is 4.99 Å². The molecular formula is C22H32N4O2S. The number of aryl methyl sites for hydroxylation is 1. The zero-order valence-electron chi connectivity index (χ0n) is 17.8. The lowest BCUT2D eigenvalue weighted by atomic mass is 10.1. The number of guanidine groups is 1. The van der Waals surface area contributed by atoms with Crippen LogP contribution >= 0.6 is 0 Å². The van der Waals surface area contributed by atoms with Crippen LogP contribution in [0.1, 0.15) is 23.6 Å². The lowest BCUT2D eigenvalue weighted by Crippen LogP contribution is -2.41. The van der Waals surface area contributed by atoms with Crippen molar-refractivity contribution in [3.8, 4) is 0 Å². The van der Waals surface area contributed by atoms with Crippen molar-refractivity contribution in [2.45, 2.75) is 26.1 Å². The highest BCUT2D eigenvalue weighted by atomic mass is 32.2. The predicted molar refractivity (Wildman–Crippen MR) is 122 cm³/mol. The van der Waals surface area contributed by atoms with E-state index in [1.165, 1.54) is 17.5 Å². The molecule has 0 spiro atoms. The summed E-state index contributed by atoms with van der Waals surface area (Å²) >= 11 is 0. The first-order chi connectivity index (χ1) is 13.8. The van der Waals surface area contributed by atoms with Crippen LogP contribution < -0.4 is 15.5 Å². The molecule has 0 saturated heterocycles. The molecule has 0 atom stereocenters. The molecule has 0 heterocycles. The zero-order valence-corrected chi connectivity index (χ0v) is 18.6. The summed E-state index contributed by atoms with van der Waals surface area (Å²) in [6.07, 6.45) is 1.25. The molecule has 0 aliphatic carbocycles. The first kappa shape index (κ1) is 22.7. The molecular weight excluding hydrogens is 384 g/mol. The summed E-state index contributed by atoms with van der Waals surface area (Å²) in [5.41, 5.74) is 4.36. The van der Waals surface area contributed by atoms with Crippen molar-refractivity contribution in [1.29, 1.82) is 0 Å². The topological polar surface area (TPSA) is 73.8 Å². The zero-order chi connectivity index (χ0) is 21.3. The van der Waals surface area contributed by atoms with E-state index in [1.807, 2.05) is 24.3 Å². The highest BCUT2D eigenvalue weighted by molar-refractivity contribution is 7.89. The van der Waals surface area contributed by atoms with E-state index in [4.69, 9.17) is 0 Å². The predicted octanol–water partition coefficient (Wildman–Crippen LogP) is 2.73. The van der Waals surface area contributed by atoms with Crippen LogP contribution in [0.3, 0.4) is 0 Å². The minimum Gasteiger partial charge on any atom is -0.370 e. The van der Waals surface area contributed by atoms with Crippen LogP contribution in [-0.4, -0.2) is 47.3 Å². The van der Waals surface area contributed by atoms with Gasteiger partial charge in [-0.05, 0) is 42.7 Å². The second-order valence-electron chi connectivity index (χ2n) is 7.16. The number of hydrogen-bond donors (Lipinski definition) is 2. The Morgan fingerprint density at radius 1 is 1.07 bits per heavy atom. The van der Waals surface area contributed by atoms with Gasteiger partial charge in [-0.15, -0.1) is 0 Å². The first-order valence-electron chi connectivity index (χ1n) is 9.82. The number of rotatable bonds is 9. The summed E-state index contributed by atoms with van der Waals surface area (Å²) in [5, 5.41) is 6.65. The van der Waals surface area contributed by atoms with E-state index in [0.717, 1.165) is 36.7 Å². The minimum absolute atomic E-state index is 0.0683. The molecule has 0 unspecified atom stereocenters. The minimum atomic E-state index is -3.01. The quantitative estimate of drug-likeness (QED) is 0.486. The van der Waals surface area contributed by atoms with Gasteiger partial charge in [0.15, 0.2) is 15.8 Å². The molecule has 29 heavy (non-hydrogen) atoms. The summed E-state index contributed by atoms with van der Waals surface area (Å²) in [4.78, 5) is 6.60. The van der Waals surface area contributed by atoms with E-state index in [2.05, 4.69) is 58.6 Å². The molecule has 0 radical (unpaired) electrons. The fourth-order valence-electron chi connectivity index (χ4n) is 3.07. The van der Waals surface area contributed by atoms with Gasteiger partial charge in [0.1, 0.15) is 0 Å². The van der Waals surface area contributed by atoms with Crippen LogP contribution in [-0.2, 0) is 22.1 Å². The monoisotopic (exact) mass is 416 g/mol. The number of benzene rings is 2. The lowest BCUT2D eigenvalue weighted by Gasteiger charge is -2.24. The van der Waals surface area contributed by atoms with Crippen LogP contribution in [0.15, 0.2) is 53.5 Å². The first-order valence-corrected chi connectivity index (χ1v) is 11.9. The summed E-state index contributed by atoms with van der Waals surface area (Å²) in [6.45, 7) is 7.47. The van der Waals surface area contributed by atoms with Gasteiger partial charge < -0.3 is 15.5 Å². The second-order valence-corrected chi connectivity index (χ2v) is 9.30. The van der Waals surface area contributed by atoms with Crippen molar-refractivity contribution in [3.63, 3.8) is 0 Å². The van der Waals surface area contributed by atoms with Crippen molar-refractivity contribution in [2.75, 3.05) is 37.8 Å². The Morgan fingerprint density at radius 2 is 1.76 bits per heavy atom. The molecule has 2 aromatic carbocycles. The second kappa shape index (κ2) is 10.9. The maximum Gasteiger partial charge on any atom is 0.191 e. The highest BCUT2D eigenvalue weighted by Gasteiger charge is 2.06. The number of sulfone groups is 1. The van der Waals surface area contributed by atoms with Crippen molar-refractivity contribution < 1.29 is 8.42 Å². The normalized spacial score (nSPS) is 11.9. The van der Waals surface area contributed by atoms with E-state index >= 15 is 0 Å². The van der Waals surface area contributed by atoms with Gasteiger partial charge in [0, 0.05) is 45.2 Å². The van der Waals surface area contributed by atoms with E-state index in [-0.39, 0.29) is 5.75 Å². The molecule has 6 nitrogen and oxygen atoms in total. The van der Waals surface area contributed by atoms with Crippen LogP contribution in [0.25, 0.3) is 0 Å². The molecule has 0 aromatic heterocycles. The van der Waals surface area contributed by atoms with Gasteiger partial charge in [0.05, 0.1) is 5.75 Å². The summed E-state index contributed by atoms with van der Waals surface area (Å²) in [7, 11) is -1.26. The van der Waals surface area contributed by atoms with E-state index in [1.54, 1.807) is 7.05 Å². The van der Waals surface area contributed by atoms with E-state index in [9.17, 15) is 8.42 Å². The van der Waals surface area contributed by atoms with Crippen molar-refractivity contribution in [1.82, 2.24) is 10.6 Å². The summed E-state index contributed by atoms with van der Waals surface area (Å²) in [5.74, 6) is 0.809. The average Bonchev–Trinajstić information content (AvgIpc) is 2.67. The molecule has 0 aliphatic heterocycles. The fraction of sp³-hybridized carbons (Fsp3) is 0.409. The molecule has 0 saturated carbocycles. The Bertz CT molecular complexity index is 909. The van der Waals surface area contributed by atoms with Gasteiger partial charge in [-0.1, -0.05) is 36.4 Å². The maximum absolute atomic E-state index is 11.4. The fourth-order valence-corrected chi connectivity index (χ4v) is 3.86. The van der Waals surface area contributed by atoms with Crippen molar-refractivity contribution in [3.05, 3.63) is 65.2 Å². The van der Waals surface area contributed by atoms with Gasteiger partial charge >= 0.3 is 0 Å². The standard InChI is InChI=1S/C22H32N4O2S/c1-5-26(21-8-6-7-18(2)15-21)14-13-24-22(23-3)25-16-19-9-11-20(12-10-19)17-29(4,27)28/h6-12,15H,5,13-14,16-17H2,1-4H3,(H2,23,24,25). The molecule has 0 bridgehead atoms. The van der Waals surface area contributed by atoms with Crippen LogP contribution in [0.4, 0.5) is 5.69 Å². The molecule has 2 rings (SSSR count). The summed E-state index contributed by atoms with van der Waals surface area (Å²) in [6, 6.07) is 16.1. The Morgan fingerprint density at radius 3 is 2.34 bits per heavy atom. The third-order valence-electron chi connectivity index (χ3n) is 4.56. The van der Waals surface area contributed by atoms with Crippen LogP contribution in [0.5, 0.6) is 0 Å². The van der Waals surface area contributed by atoms with Crippen molar-refractivity contribution >= 4 is 21.5 Å². The largest absolute Gasteiger partial charge is 0.370 e. The highest BCUT2D eigenvalue weighted by Crippen LogP contribution is 2.15. The summed E-state index contributed by atoms with van der Waals surface area (Å²) < 4.78 is 22.8. The Kier molecular flexibility index (Phi) is 8.51. The number of nitrogens with zero attached hydrogens (tertiary/aromatic N) is 2. The SMILES string of the molecule is CCN(CCNC(=NC)NCc1ccc(CS(C)(=O)=O)cc1)c1cccc(C)c1. The Labute approximate surface area is 175 Å². The van der Waals surface area contributed by atoms with Crippen LogP contribution in [0, 0.1) is 6.92 Å².